The molecular formula is C16H26N2. The molecular weight excluding hydrogens is 220 g/mol. The molecule has 2 nitrogen and oxygen atoms in total. The van der Waals surface area contributed by atoms with Crippen LogP contribution >= 0.6 is 0 Å². The van der Waals surface area contributed by atoms with Crippen molar-refractivity contribution < 1.29 is 0 Å². The third-order valence-electron chi connectivity index (χ3n) is 4.69. The van der Waals surface area contributed by atoms with Crippen molar-refractivity contribution in [2.24, 2.45) is 5.92 Å². The van der Waals surface area contributed by atoms with Crippen molar-refractivity contribution in [3.63, 3.8) is 0 Å². The molecule has 1 heterocycles. The van der Waals surface area contributed by atoms with Crippen molar-refractivity contribution in [2.75, 3.05) is 20.6 Å². The molecule has 1 fully saturated rings. The van der Waals surface area contributed by atoms with Crippen LogP contribution in [-0.4, -0.2) is 31.6 Å². The Kier molecular flexibility index (Phi) is 4.08. The average Bonchev–Trinajstić information content (AvgIpc) is 2.40. The van der Waals surface area contributed by atoms with Crippen LogP contribution in [0.1, 0.15) is 32.3 Å². The lowest BCUT2D eigenvalue weighted by Gasteiger charge is -2.51. The summed E-state index contributed by atoms with van der Waals surface area (Å²) in [5.41, 5.74) is 1.63. The van der Waals surface area contributed by atoms with Crippen LogP contribution in [0, 0.1) is 5.92 Å². The molecule has 2 heteroatoms. The zero-order chi connectivity index (χ0) is 13.2. The fourth-order valence-electron chi connectivity index (χ4n) is 3.50. The number of nitrogens with one attached hydrogen (secondary N) is 1. The highest BCUT2D eigenvalue weighted by Gasteiger charge is 2.43. The smallest absolute Gasteiger partial charge is 0.0495 e. The van der Waals surface area contributed by atoms with E-state index in [2.05, 4.69) is 68.5 Å². The normalized spacial score (nSPS) is 29.7. The molecule has 1 aromatic carbocycles. The summed E-state index contributed by atoms with van der Waals surface area (Å²) in [5, 5.41) is 3.48. The minimum atomic E-state index is 0.174. The van der Waals surface area contributed by atoms with E-state index < -0.39 is 0 Å². The standard InChI is InChI=1S/C16H26N2/c1-13(2)16(14-8-6-5-7-9-14)12-15(17-3)10-11-18(16)4/h5-9,13,15,17H,10-12H2,1-4H3. The molecule has 2 unspecified atom stereocenters. The number of hydrogen-bond acceptors (Lipinski definition) is 2. The summed E-state index contributed by atoms with van der Waals surface area (Å²) < 4.78 is 0. The van der Waals surface area contributed by atoms with Crippen molar-refractivity contribution >= 4 is 0 Å². The van der Waals surface area contributed by atoms with Gasteiger partial charge < -0.3 is 5.32 Å². The molecule has 0 bridgehead atoms. The van der Waals surface area contributed by atoms with Crippen LogP contribution in [0.5, 0.6) is 0 Å². The summed E-state index contributed by atoms with van der Waals surface area (Å²) in [5.74, 6) is 0.612. The van der Waals surface area contributed by atoms with Crippen LogP contribution in [-0.2, 0) is 5.54 Å². The Morgan fingerprint density at radius 3 is 2.50 bits per heavy atom. The minimum absolute atomic E-state index is 0.174. The van der Waals surface area contributed by atoms with Gasteiger partial charge in [0.05, 0.1) is 0 Å². The first-order valence-corrected chi connectivity index (χ1v) is 7.05. The Balaban J connectivity index is 2.42. The van der Waals surface area contributed by atoms with Crippen LogP contribution < -0.4 is 5.32 Å². The minimum Gasteiger partial charge on any atom is -0.317 e. The van der Waals surface area contributed by atoms with Gasteiger partial charge in [-0.1, -0.05) is 44.2 Å². The molecule has 1 saturated heterocycles. The molecule has 0 spiro atoms. The maximum absolute atomic E-state index is 3.48. The van der Waals surface area contributed by atoms with E-state index in [1.165, 1.54) is 24.9 Å². The Morgan fingerprint density at radius 1 is 1.28 bits per heavy atom. The van der Waals surface area contributed by atoms with Gasteiger partial charge in [0.25, 0.3) is 0 Å². The number of hydrogen-bond donors (Lipinski definition) is 1. The van der Waals surface area contributed by atoms with E-state index in [1.807, 2.05) is 0 Å². The maximum atomic E-state index is 3.48. The fraction of sp³-hybridized carbons (Fsp3) is 0.625. The van der Waals surface area contributed by atoms with Crippen LogP contribution in [0.2, 0.25) is 0 Å². The molecule has 18 heavy (non-hydrogen) atoms. The number of benzene rings is 1. The van der Waals surface area contributed by atoms with Crippen LogP contribution in [0.15, 0.2) is 30.3 Å². The molecule has 1 aliphatic heterocycles. The first-order valence-electron chi connectivity index (χ1n) is 7.05. The lowest BCUT2D eigenvalue weighted by Crippen LogP contribution is -2.56. The number of likely N-dealkylation sites (tertiary alicyclic amines) is 1. The topological polar surface area (TPSA) is 15.3 Å². The molecule has 0 aromatic heterocycles. The van der Waals surface area contributed by atoms with Gasteiger partial charge in [-0.05, 0) is 38.4 Å². The van der Waals surface area contributed by atoms with Crippen molar-refractivity contribution in [2.45, 2.75) is 38.3 Å². The number of nitrogens with zero attached hydrogens (tertiary/aromatic N) is 1. The lowest BCUT2D eigenvalue weighted by molar-refractivity contribution is 0.0127. The molecule has 0 radical (unpaired) electrons. The largest absolute Gasteiger partial charge is 0.317 e. The summed E-state index contributed by atoms with van der Waals surface area (Å²) in [4.78, 5) is 2.56. The quantitative estimate of drug-likeness (QED) is 0.882. The van der Waals surface area contributed by atoms with Crippen LogP contribution in [0.4, 0.5) is 0 Å². The Hall–Kier alpha value is -0.860. The molecule has 100 valence electrons. The highest BCUT2D eigenvalue weighted by molar-refractivity contribution is 5.26. The van der Waals surface area contributed by atoms with E-state index >= 15 is 0 Å². The predicted molar refractivity (Wildman–Crippen MR) is 77.7 cm³/mol. The van der Waals surface area contributed by atoms with E-state index in [-0.39, 0.29) is 5.54 Å². The van der Waals surface area contributed by atoms with Gasteiger partial charge in [0.2, 0.25) is 0 Å². The molecule has 0 aliphatic carbocycles. The summed E-state index contributed by atoms with van der Waals surface area (Å²) in [7, 11) is 4.37. The summed E-state index contributed by atoms with van der Waals surface area (Å²) in [6, 6.07) is 11.6. The Morgan fingerprint density at radius 2 is 1.94 bits per heavy atom. The van der Waals surface area contributed by atoms with Crippen LogP contribution in [0.25, 0.3) is 0 Å². The van der Waals surface area contributed by atoms with E-state index in [4.69, 9.17) is 0 Å². The summed E-state index contributed by atoms with van der Waals surface area (Å²) >= 11 is 0. The second-order valence-corrected chi connectivity index (χ2v) is 5.84. The third kappa shape index (κ3) is 2.19. The van der Waals surface area contributed by atoms with E-state index in [9.17, 15) is 0 Å². The van der Waals surface area contributed by atoms with E-state index in [0.717, 1.165) is 0 Å². The monoisotopic (exact) mass is 246 g/mol. The zero-order valence-electron chi connectivity index (χ0n) is 12.1. The second kappa shape index (κ2) is 5.41. The lowest BCUT2D eigenvalue weighted by atomic mass is 9.71. The molecule has 2 atom stereocenters. The third-order valence-corrected chi connectivity index (χ3v) is 4.69. The van der Waals surface area contributed by atoms with Gasteiger partial charge >= 0.3 is 0 Å². The number of rotatable bonds is 3. The van der Waals surface area contributed by atoms with Gasteiger partial charge in [-0.2, -0.15) is 0 Å². The molecule has 2 rings (SSSR count). The highest BCUT2D eigenvalue weighted by atomic mass is 15.2. The average molecular weight is 246 g/mol. The molecule has 1 aliphatic rings. The SMILES string of the molecule is CNC1CCN(C)C(c2ccccc2)(C(C)C)C1. The molecule has 0 amide bonds. The van der Waals surface area contributed by atoms with Gasteiger partial charge in [-0.3, -0.25) is 4.90 Å². The predicted octanol–water partition coefficient (Wildman–Crippen LogP) is 2.85. The van der Waals surface area contributed by atoms with Gasteiger partial charge in [-0.25, -0.2) is 0 Å². The van der Waals surface area contributed by atoms with Gasteiger partial charge in [0, 0.05) is 18.1 Å². The molecule has 1 aromatic rings. The van der Waals surface area contributed by atoms with Crippen molar-refractivity contribution in [3.8, 4) is 0 Å². The fourth-order valence-corrected chi connectivity index (χ4v) is 3.50. The van der Waals surface area contributed by atoms with Crippen molar-refractivity contribution in [1.29, 1.82) is 0 Å². The van der Waals surface area contributed by atoms with Gasteiger partial charge in [-0.15, -0.1) is 0 Å². The second-order valence-electron chi connectivity index (χ2n) is 5.84. The van der Waals surface area contributed by atoms with Crippen LogP contribution in [0.3, 0.4) is 0 Å². The summed E-state index contributed by atoms with van der Waals surface area (Å²) in [6.07, 6.45) is 2.44. The van der Waals surface area contributed by atoms with Crippen molar-refractivity contribution in [1.82, 2.24) is 10.2 Å². The maximum Gasteiger partial charge on any atom is 0.0495 e. The van der Waals surface area contributed by atoms with E-state index in [0.29, 0.717) is 12.0 Å². The first-order chi connectivity index (χ1) is 8.61. The molecule has 1 N–H and O–H groups in total. The molecule has 0 saturated carbocycles. The van der Waals surface area contributed by atoms with E-state index in [1.54, 1.807) is 0 Å². The number of piperidine rings is 1. The summed E-state index contributed by atoms with van der Waals surface area (Å²) in [6.45, 7) is 5.86. The highest BCUT2D eigenvalue weighted by Crippen LogP contribution is 2.42. The Labute approximate surface area is 111 Å². The van der Waals surface area contributed by atoms with Gasteiger partial charge in [0.1, 0.15) is 0 Å². The zero-order valence-corrected chi connectivity index (χ0v) is 12.1. The van der Waals surface area contributed by atoms with Gasteiger partial charge in [0.15, 0.2) is 0 Å². The Bertz CT molecular complexity index is 374. The van der Waals surface area contributed by atoms with Crippen molar-refractivity contribution in [3.05, 3.63) is 35.9 Å². The first kappa shape index (κ1) is 13.6.